The van der Waals surface area contributed by atoms with Crippen LogP contribution in [0.5, 0.6) is 0 Å². The van der Waals surface area contributed by atoms with Crippen molar-refractivity contribution >= 4 is 10.8 Å². The first-order chi connectivity index (χ1) is 9.78. The van der Waals surface area contributed by atoms with Gasteiger partial charge in [0.2, 0.25) is 0 Å². The number of aryl methyl sites for hydroxylation is 2. The molecule has 0 unspecified atom stereocenters. The minimum Gasteiger partial charge on any atom is -0.198 e. The van der Waals surface area contributed by atoms with E-state index in [0.29, 0.717) is 0 Å². The van der Waals surface area contributed by atoms with E-state index in [2.05, 4.69) is 79.2 Å². The standard InChI is InChI=1S/C19H20N/c1-3-16-12-11-15(2)20(13-16)14-18-9-6-8-17-7-4-5-10-19(17)18/h4-13H,3,14H2,1-2H3/q+1. The van der Waals surface area contributed by atoms with E-state index < -0.39 is 0 Å². The van der Waals surface area contributed by atoms with Gasteiger partial charge in [-0.15, -0.1) is 0 Å². The maximum Gasteiger partial charge on any atom is 0.178 e. The molecular weight excluding hydrogens is 242 g/mol. The zero-order valence-electron chi connectivity index (χ0n) is 12.1. The number of nitrogens with zero attached hydrogens (tertiary/aromatic N) is 1. The Morgan fingerprint density at radius 2 is 1.70 bits per heavy atom. The molecule has 0 amide bonds. The molecule has 0 saturated heterocycles. The third kappa shape index (κ3) is 2.44. The van der Waals surface area contributed by atoms with Gasteiger partial charge in [0.25, 0.3) is 0 Å². The molecule has 1 heterocycles. The Morgan fingerprint density at radius 1 is 0.900 bits per heavy atom. The van der Waals surface area contributed by atoms with E-state index in [9.17, 15) is 0 Å². The van der Waals surface area contributed by atoms with E-state index in [1.54, 1.807) is 0 Å². The molecule has 20 heavy (non-hydrogen) atoms. The highest BCUT2D eigenvalue weighted by Gasteiger charge is 2.10. The molecule has 3 aromatic rings. The van der Waals surface area contributed by atoms with Crippen molar-refractivity contribution < 1.29 is 4.57 Å². The second-order valence-electron chi connectivity index (χ2n) is 5.30. The average Bonchev–Trinajstić information content (AvgIpc) is 2.50. The molecule has 0 bridgehead atoms. The van der Waals surface area contributed by atoms with Gasteiger partial charge in [-0.3, -0.25) is 0 Å². The summed E-state index contributed by atoms with van der Waals surface area (Å²) in [5.74, 6) is 0. The highest BCUT2D eigenvalue weighted by atomic mass is 14.9. The number of aromatic nitrogens is 1. The first-order valence-electron chi connectivity index (χ1n) is 7.23. The maximum absolute atomic E-state index is 2.35. The first kappa shape index (κ1) is 12.9. The molecule has 0 atom stereocenters. The highest BCUT2D eigenvalue weighted by molar-refractivity contribution is 5.85. The Bertz CT molecular complexity index is 738. The summed E-state index contributed by atoms with van der Waals surface area (Å²) in [4.78, 5) is 0. The van der Waals surface area contributed by atoms with Crippen molar-refractivity contribution in [3.63, 3.8) is 0 Å². The molecule has 0 saturated carbocycles. The summed E-state index contributed by atoms with van der Waals surface area (Å²) in [5.41, 5.74) is 4.07. The number of pyridine rings is 1. The predicted octanol–water partition coefficient (Wildman–Crippen LogP) is 4.05. The van der Waals surface area contributed by atoms with Gasteiger partial charge in [-0.25, -0.2) is 0 Å². The van der Waals surface area contributed by atoms with Crippen LogP contribution in [-0.4, -0.2) is 0 Å². The Kier molecular flexibility index (Phi) is 3.51. The van der Waals surface area contributed by atoms with Gasteiger partial charge in [-0.2, -0.15) is 4.57 Å². The van der Waals surface area contributed by atoms with Crippen LogP contribution in [-0.2, 0) is 13.0 Å². The van der Waals surface area contributed by atoms with Crippen molar-refractivity contribution in [2.75, 3.05) is 0 Å². The zero-order valence-corrected chi connectivity index (χ0v) is 12.1. The number of hydrogen-bond donors (Lipinski definition) is 0. The van der Waals surface area contributed by atoms with Crippen LogP contribution in [0.2, 0.25) is 0 Å². The Balaban J connectivity index is 2.05. The van der Waals surface area contributed by atoms with Crippen LogP contribution >= 0.6 is 0 Å². The quantitative estimate of drug-likeness (QED) is 0.627. The molecule has 0 fully saturated rings. The smallest absolute Gasteiger partial charge is 0.178 e. The topological polar surface area (TPSA) is 3.88 Å². The monoisotopic (exact) mass is 262 g/mol. The highest BCUT2D eigenvalue weighted by Crippen LogP contribution is 2.18. The van der Waals surface area contributed by atoms with E-state index in [1.165, 1.54) is 27.6 Å². The van der Waals surface area contributed by atoms with Crippen molar-refractivity contribution in [2.24, 2.45) is 0 Å². The van der Waals surface area contributed by atoms with Crippen LogP contribution < -0.4 is 4.57 Å². The van der Waals surface area contributed by atoms with Gasteiger partial charge in [0, 0.05) is 24.1 Å². The zero-order chi connectivity index (χ0) is 13.9. The van der Waals surface area contributed by atoms with Crippen molar-refractivity contribution in [3.8, 4) is 0 Å². The third-order valence-electron chi connectivity index (χ3n) is 3.94. The summed E-state index contributed by atoms with van der Waals surface area (Å²) in [6, 6.07) is 19.6. The lowest BCUT2D eigenvalue weighted by Crippen LogP contribution is -2.37. The van der Waals surface area contributed by atoms with E-state index in [-0.39, 0.29) is 0 Å². The lowest BCUT2D eigenvalue weighted by atomic mass is 10.0. The molecule has 0 N–H and O–H groups in total. The summed E-state index contributed by atoms with van der Waals surface area (Å²) in [6.45, 7) is 5.30. The van der Waals surface area contributed by atoms with E-state index in [1.807, 2.05) is 0 Å². The number of benzene rings is 2. The molecule has 0 spiro atoms. The normalized spacial score (nSPS) is 10.9. The molecule has 1 heteroatoms. The molecule has 3 rings (SSSR count). The molecule has 0 aliphatic carbocycles. The second-order valence-corrected chi connectivity index (χ2v) is 5.30. The van der Waals surface area contributed by atoms with Crippen LogP contribution in [0, 0.1) is 6.92 Å². The Morgan fingerprint density at radius 3 is 2.55 bits per heavy atom. The van der Waals surface area contributed by atoms with Crippen LogP contribution in [0.1, 0.15) is 23.7 Å². The van der Waals surface area contributed by atoms with Crippen LogP contribution in [0.15, 0.2) is 60.8 Å². The fourth-order valence-corrected chi connectivity index (χ4v) is 2.66. The van der Waals surface area contributed by atoms with Crippen LogP contribution in [0.4, 0.5) is 0 Å². The van der Waals surface area contributed by atoms with Gasteiger partial charge in [0.05, 0.1) is 0 Å². The molecule has 1 nitrogen and oxygen atoms in total. The van der Waals surface area contributed by atoms with E-state index in [4.69, 9.17) is 0 Å². The van der Waals surface area contributed by atoms with Crippen molar-refractivity contribution in [1.82, 2.24) is 0 Å². The molecule has 2 aromatic carbocycles. The average molecular weight is 262 g/mol. The molecule has 0 aliphatic rings. The maximum atomic E-state index is 2.35. The summed E-state index contributed by atoms with van der Waals surface area (Å²) < 4.78 is 2.35. The van der Waals surface area contributed by atoms with Gasteiger partial charge in [-0.1, -0.05) is 49.4 Å². The number of rotatable bonds is 3. The van der Waals surface area contributed by atoms with Gasteiger partial charge >= 0.3 is 0 Å². The van der Waals surface area contributed by atoms with Gasteiger partial charge in [0.1, 0.15) is 0 Å². The summed E-state index contributed by atoms with van der Waals surface area (Å²) >= 11 is 0. The SMILES string of the molecule is CCc1ccc(C)[n+](Cc2cccc3ccccc23)c1. The van der Waals surface area contributed by atoms with Crippen LogP contribution in [0.3, 0.4) is 0 Å². The number of hydrogen-bond acceptors (Lipinski definition) is 0. The third-order valence-corrected chi connectivity index (χ3v) is 3.94. The van der Waals surface area contributed by atoms with Crippen molar-refractivity contribution in [3.05, 3.63) is 77.6 Å². The second kappa shape index (κ2) is 5.46. The van der Waals surface area contributed by atoms with E-state index in [0.717, 1.165) is 13.0 Å². The molecule has 100 valence electrons. The molecule has 0 aliphatic heterocycles. The predicted molar refractivity (Wildman–Crippen MR) is 83.8 cm³/mol. The van der Waals surface area contributed by atoms with Gasteiger partial charge in [-0.05, 0) is 23.3 Å². The Labute approximate surface area is 120 Å². The lowest BCUT2D eigenvalue weighted by molar-refractivity contribution is -0.694. The largest absolute Gasteiger partial charge is 0.198 e. The summed E-state index contributed by atoms with van der Waals surface area (Å²) in [6.07, 6.45) is 3.35. The molecule has 1 aromatic heterocycles. The summed E-state index contributed by atoms with van der Waals surface area (Å²) in [5, 5.41) is 2.67. The van der Waals surface area contributed by atoms with Gasteiger partial charge in [0.15, 0.2) is 18.4 Å². The number of fused-ring (bicyclic) bond motifs is 1. The first-order valence-corrected chi connectivity index (χ1v) is 7.23. The van der Waals surface area contributed by atoms with Crippen molar-refractivity contribution in [2.45, 2.75) is 26.8 Å². The molecule has 0 radical (unpaired) electrons. The fourth-order valence-electron chi connectivity index (χ4n) is 2.66. The van der Waals surface area contributed by atoms with E-state index >= 15 is 0 Å². The Hall–Kier alpha value is -2.15. The van der Waals surface area contributed by atoms with Crippen LogP contribution in [0.25, 0.3) is 10.8 Å². The minimum absolute atomic E-state index is 0.932. The fraction of sp³-hybridized carbons (Fsp3) is 0.211. The van der Waals surface area contributed by atoms with Gasteiger partial charge < -0.3 is 0 Å². The molecular formula is C19H20N+. The summed E-state index contributed by atoms with van der Waals surface area (Å²) in [7, 11) is 0. The lowest BCUT2D eigenvalue weighted by Gasteiger charge is -2.06. The van der Waals surface area contributed by atoms with Crippen molar-refractivity contribution in [1.29, 1.82) is 0 Å². The minimum atomic E-state index is 0.932.